The van der Waals surface area contributed by atoms with Crippen LogP contribution in [-0.4, -0.2) is 20.8 Å². The molecule has 0 aromatic heterocycles. The maximum absolute atomic E-state index is 11.8. The Morgan fingerprint density at radius 2 is 0.846 bits per heavy atom. The van der Waals surface area contributed by atoms with Crippen molar-refractivity contribution in [3.8, 4) is 0 Å². The molecule has 158 valence electrons. The van der Waals surface area contributed by atoms with Crippen LogP contribution < -0.4 is 0 Å². The van der Waals surface area contributed by atoms with Crippen molar-refractivity contribution in [2.24, 2.45) is 0 Å². The summed E-state index contributed by atoms with van der Waals surface area (Å²) in [6.07, 6.45) is 21.9. The maximum atomic E-state index is 11.8. The van der Waals surface area contributed by atoms with Crippen molar-refractivity contribution < 1.29 is 12.6 Å². The number of hydrogen-bond donors (Lipinski definition) is 0. The van der Waals surface area contributed by atoms with E-state index >= 15 is 0 Å². The zero-order valence-electron chi connectivity index (χ0n) is 17.8. The van der Waals surface area contributed by atoms with Gasteiger partial charge in [-0.1, -0.05) is 117 Å². The molecule has 0 heterocycles. The van der Waals surface area contributed by atoms with Gasteiger partial charge >= 0.3 is 0 Å². The minimum absolute atomic E-state index is 0.194. The monoisotopic (exact) mass is 390 g/mol. The molecule has 0 saturated carbocycles. The lowest BCUT2D eigenvalue weighted by Crippen LogP contribution is -2.11. The molecule has 0 unspecified atom stereocenters. The molecular formula is C22H46O3S. The molecule has 0 fully saturated rings. The van der Waals surface area contributed by atoms with E-state index in [0.29, 0.717) is 6.61 Å². The highest BCUT2D eigenvalue weighted by Crippen LogP contribution is 2.12. The predicted octanol–water partition coefficient (Wildman–Crippen LogP) is 7.39. The van der Waals surface area contributed by atoms with E-state index in [-0.39, 0.29) is 5.75 Å². The Bertz CT molecular complexity index is 366. The van der Waals surface area contributed by atoms with Crippen molar-refractivity contribution >= 4 is 10.1 Å². The molecule has 0 atom stereocenters. The summed E-state index contributed by atoms with van der Waals surface area (Å²) in [4.78, 5) is 0. The maximum Gasteiger partial charge on any atom is 0.267 e. The van der Waals surface area contributed by atoms with Gasteiger partial charge in [-0.05, 0) is 12.8 Å². The summed E-state index contributed by atoms with van der Waals surface area (Å²) in [5, 5.41) is 0. The first-order valence-electron chi connectivity index (χ1n) is 11.5. The number of rotatable bonds is 21. The number of unbranched alkanes of at least 4 members (excludes halogenated alkanes) is 16. The second kappa shape index (κ2) is 19.7. The molecule has 0 spiro atoms. The van der Waals surface area contributed by atoms with E-state index in [2.05, 4.69) is 13.8 Å². The molecular weight excluding hydrogens is 344 g/mol. The predicted molar refractivity (Wildman–Crippen MR) is 114 cm³/mol. The summed E-state index contributed by atoms with van der Waals surface area (Å²) in [5.41, 5.74) is 0. The topological polar surface area (TPSA) is 43.4 Å². The Kier molecular flexibility index (Phi) is 19.6. The highest BCUT2D eigenvalue weighted by Gasteiger charge is 2.10. The zero-order chi connectivity index (χ0) is 19.3. The minimum Gasteiger partial charge on any atom is -0.270 e. The summed E-state index contributed by atoms with van der Waals surface area (Å²) in [7, 11) is -3.29. The molecule has 0 aromatic carbocycles. The first-order valence-corrected chi connectivity index (χ1v) is 13.1. The van der Waals surface area contributed by atoms with E-state index in [1.54, 1.807) is 0 Å². The first kappa shape index (κ1) is 25.9. The molecule has 26 heavy (non-hydrogen) atoms. The zero-order valence-corrected chi connectivity index (χ0v) is 18.6. The van der Waals surface area contributed by atoms with Crippen LogP contribution in [0.25, 0.3) is 0 Å². The van der Waals surface area contributed by atoms with E-state index in [9.17, 15) is 8.42 Å². The molecule has 0 amide bonds. The first-order chi connectivity index (χ1) is 12.6. The SMILES string of the molecule is CCCCCCCCCCCCOS(=O)(=O)CCCCCCCCCC. The summed E-state index contributed by atoms with van der Waals surface area (Å²) < 4.78 is 28.8. The lowest BCUT2D eigenvalue weighted by molar-refractivity contribution is 0.305. The average molecular weight is 391 g/mol. The third-order valence-electron chi connectivity index (χ3n) is 5.01. The van der Waals surface area contributed by atoms with E-state index in [1.165, 1.54) is 83.5 Å². The van der Waals surface area contributed by atoms with Crippen molar-refractivity contribution in [3.63, 3.8) is 0 Å². The van der Waals surface area contributed by atoms with Crippen LogP contribution in [0.15, 0.2) is 0 Å². The molecule has 4 heteroatoms. The molecule has 0 aliphatic carbocycles. The normalized spacial score (nSPS) is 11.9. The van der Waals surface area contributed by atoms with Crippen molar-refractivity contribution in [2.45, 2.75) is 129 Å². The van der Waals surface area contributed by atoms with E-state index in [4.69, 9.17) is 4.18 Å². The third-order valence-corrected chi connectivity index (χ3v) is 6.32. The fraction of sp³-hybridized carbons (Fsp3) is 1.00. The van der Waals surface area contributed by atoms with Gasteiger partial charge in [-0.25, -0.2) is 0 Å². The van der Waals surface area contributed by atoms with Gasteiger partial charge < -0.3 is 0 Å². The second-order valence-corrected chi connectivity index (χ2v) is 9.50. The van der Waals surface area contributed by atoms with Gasteiger partial charge in [0.15, 0.2) is 0 Å². The smallest absolute Gasteiger partial charge is 0.267 e. The van der Waals surface area contributed by atoms with Gasteiger partial charge in [0, 0.05) is 0 Å². The van der Waals surface area contributed by atoms with Crippen LogP contribution in [0.5, 0.6) is 0 Å². The van der Waals surface area contributed by atoms with Crippen LogP contribution in [0, 0.1) is 0 Å². The van der Waals surface area contributed by atoms with Crippen LogP contribution in [0.3, 0.4) is 0 Å². The Balaban J connectivity index is 3.34. The van der Waals surface area contributed by atoms with Crippen LogP contribution >= 0.6 is 0 Å². The summed E-state index contributed by atoms with van der Waals surface area (Å²) >= 11 is 0. The van der Waals surface area contributed by atoms with Gasteiger partial charge in [-0.3, -0.25) is 4.18 Å². The van der Waals surface area contributed by atoms with Crippen LogP contribution in [0.1, 0.15) is 129 Å². The number of hydrogen-bond acceptors (Lipinski definition) is 3. The highest BCUT2D eigenvalue weighted by atomic mass is 32.2. The van der Waals surface area contributed by atoms with Crippen LogP contribution in [-0.2, 0) is 14.3 Å². The lowest BCUT2D eigenvalue weighted by atomic mass is 10.1. The Morgan fingerprint density at radius 1 is 0.500 bits per heavy atom. The Morgan fingerprint density at radius 3 is 1.27 bits per heavy atom. The van der Waals surface area contributed by atoms with E-state index < -0.39 is 10.1 Å². The molecule has 0 aliphatic rings. The van der Waals surface area contributed by atoms with Gasteiger partial charge in [0.1, 0.15) is 0 Å². The second-order valence-electron chi connectivity index (χ2n) is 7.74. The molecule has 0 radical (unpaired) electrons. The van der Waals surface area contributed by atoms with Gasteiger partial charge in [0.05, 0.1) is 12.4 Å². The van der Waals surface area contributed by atoms with Crippen LogP contribution in [0.4, 0.5) is 0 Å². The average Bonchev–Trinajstić information content (AvgIpc) is 2.62. The van der Waals surface area contributed by atoms with Crippen molar-refractivity contribution in [1.29, 1.82) is 0 Å². The molecule has 0 saturated heterocycles. The van der Waals surface area contributed by atoms with Gasteiger partial charge in [0.2, 0.25) is 0 Å². The molecule has 0 aliphatic heterocycles. The van der Waals surface area contributed by atoms with Crippen LogP contribution in [0.2, 0.25) is 0 Å². The van der Waals surface area contributed by atoms with E-state index in [0.717, 1.165) is 32.1 Å². The molecule has 0 aromatic rings. The van der Waals surface area contributed by atoms with Crippen molar-refractivity contribution in [2.75, 3.05) is 12.4 Å². The minimum atomic E-state index is -3.29. The fourth-order valence-electron chi connectivity index (χ4n) is 3.25. The van der Waals surface area contributed by atoms with Gasteiger partial charge in [0.25, 0.3) is 10.1 Å². The van der Waals surface area contributed by atoms with Gasteiger partial charge in [-0.15, -0.1) is 0 Å². The largest absolute Gasteiger partial charge is 0.270 e. The van der Waals surface area contributed by atoms with Gasteiger partial charge in [-0.2, -0.15) is 8.42 Å². The highest BCUT2D eigenvalue weighted by molar-refractivity contribution is 7.86. The molecule has 0 N–H and O–H groups in total. The quantitative estimate of drug-likeness (QED) is 0.151. The fourth-order valence-corrected chi connectivity index (χ4v) is 4.29. The third kappa shape index (κ3) is 20.2. The van der Waals surface area contributed by atoms with Crippen molar-refractivity contribution in [3.05, 3.63) is 0 Å². The summed E-state index contributed by atoms with van der Waals surface area (Å²) in [5.74, 6) is 0.194. The molecule has 0 rings (SSSR count). The Labute approximate surface area is 164 Å². The standard InChI is InChI=1S/C22H46O3S/c1-3-5-7-9-11-13-14-15-17-19-21-25-26(23,24)22-20-18-16-12-10-8-6-4-2/h3-22H2,1-2H3. The summed E-state index contributed by atoms with van der Waals surface area (Å²) in [6, 6.07) is 0. The summed E-state index contributed by atoms with van der Waals surface area (Å²) in [6.45, 7) is 4.84. The molecule has 0 bridgehead atoms. The lowest BCUT2D eigenvalue weighted by Gasteiger charge is -2.06. The van der Waals surface area contributed by atoms with Crippen molar-refractivity contribution in [1.82, 2.24) is 0 Å². The Hall–Kier alpha value is -0.0900. The van der Waals surface area contributed by atoms with E-state index in [1.807, 2.05) is 0 Å². The molecule has 3 nitrogen and oxygen atoms in total.